The molecular formula is C26H32N4O3. The molecule has 3 aromatic rings. The number of aryl methyl sites for hydroxylation is 1. The Bertz CT molecular complexity index is 1100. The number of carbonyl (C=O) groups is 1. The van der Waals surface area contributed by atoms with Crippen molar-refractivity contribution in [3.63, 3.8) is 0 Å². The number of morpholine rings is 1. The van der Waals surface area contributed by atoms with E-state index in [1.165, 1.54) is 5.56 Å². The Balaban J connectivity index is 1.28. The van der Waals surface area contributed by atoms with Gasteiger partial charge in [0.05, 0.1) is 25.8 Å². The molecule has 7 heteroatoms. The summed E-state index contributed by atoms with van der Waals surface area (Å²) < 4.78 is 13.1. The van der Waals surface area contributed by atoms with Crippen LogP contribution in [0.15, 0.2) is 48.5 Å². The summed E-state index contributed by atoms with van der Waals surface area (Å²) in [6, 6.07) is 17.0. The lowest BCUT2D eigenvalue weighted by molar-refractivity contribution is -0.0843. The van der Waals surface area contributed by atoms with Gasteiger partial charge in [-0.25, -0.2) is 0 Å². The van der Waals surface area contributed by atoms with Gasteiger partial charge in [0.25, 0.3) is 5.91 Å². The highest BCUT2D eigenvalue weighted by atomic mass is 16.5. The summed E-state index contributed by atoms with van der Waals surface area (Å²) in [4.78, 5) is 15.8. The fraction of sp³-hybridized carbons (Fsp3) is 0.462. The van der Waals surface area contributed by atoms with Crippen molar-refractivity contribution in [2.75, 3.05) is 20.3 Å². The normalized spacial score (nSPS) is 22.9. The van der Waals surface area contributed by atoms with E-state index in [9.17, 15) is 4.79 Å². The predicted octanol–water partition coefficient (Wildman–Crippen LogP) is 3.62. The van der Waals surface area contributed by atoms with Crippen molar-refractivity contribution in [2.24, 2.45) is 0 Å². The van der Waals surface area contributed by atoms with E-state index in [0.717, 1.165) is 49.0 Å². The molecule has 1 amide bonds. The van der Waals surface area contributed by atoms with Gasteiger partial charge >= 0.3 is 0 Å². The Morgan fingerprint density at radius 1 is 1.12 bits per heavy atom. The molecule has 2 bridgehead atoms. The van der Waals surface area contributed by atoms with Crippen LogP contribution < -0.4 is 10.1 Å². The third kappa shape index (κ3) is 4.48. The van der Waals surface area contributed by atoms with E-state index in [1.807, 2.05) is 41.1 Å². The molecule has 2 aliphatic rings. The van der Waals surface area contributed by atoms with Crippen LogP contribution >= 0.6 is 0 Å². The molecule has 0 saturated carbocycles. The number of benzene rings is 2. The van der Waals surface area contributed by atoms with Gasteiger partial charge in [0.2, 0.25) is 0 Å². The van der Waals surface area contributed by atoms with Gasteiger partial charge in [0, 0.05) is 36.6 Å². The van der Waals surface area contributed by atoms with E-state index >= 15 is 0 Å². The fourth-order valence-electron chi connectivity index (χ4n) is 5.24. The van der Waals surface area contributed by atoms with E-state index in [0.29, 0.717) is 31.0 Å². The predicted molar refractivity (Wildman–Crippen MR) is 127 cm³/mol. The number of para-hydroxylation sites is 1. The van der Waals surface area contributed by atoms with Gasteiger partial charge < -0.3 is 14.8 Å². The quantitative estimate of drug-likeness (QED) is 0.598. The average molecular weight is 449 g/mol. The second kappa shape index (κ2) is 9.53. The number of hydrogen-bond acceptors (Lipinski definition) is 5. The molecule has 0 aliphatic carbocycles. The van der Waals surface area contributed by atoms with Crippen molar-refractivity contribution in [1.29, 1.82) is 0 Å². The lowest BCUT2D eigenvalue weighted by Gasteiger charge is -2.48. The molecule has 174 valence electrons. The third-order valence-corrected chi connectivity index (χ3v) is 6.84. The summed E-state index contributed by atoms with van der Waals surface area (Å²) in [5.74, 6) is 0.797. The highest BCUT2D eigenvalue weighted by molar-refractivity contribution is 6.05. The third-order valence-electron chi connectivity index (χ3n) is 6.84. The molecule has 3 atom stereocenters. The summed E-state index contributed by atoms with van der Waals surface area (Å²) in [6.45, 7) is 5.21. The molecule has 1 aromatic heterocycles. The number of aromatic nitrogens is 2. The molecular weight excluding hydrogens is 416 g/mol. The monoisotopic (exact) mass is 448 g/mol. The van der Waals surface area contributed by atoms with E-state index in [4.69, 9.17) is 9.47 Å². The van der Waals surface area contributed by atoms with E-state index in [1.54, 1.807) is 7.11 Å². The maximum absolute atomic E-state index is 13.3. The Hall–Kier alpha value is -2.90. The van der Waals surface area contributed by atoms with Crippen LogP contribution in [0.3, 0.4) is 0 Å². The van der Waals surface area contributed by atoms with E-state index < -0.39 is 0 Å². The molecule has 1 N–H and O–H groups in total. The van der Waals surface area contributed by atoms with Gasteiger partial charge in [0.1, 0.15) is 5.75 Å². The van der Waals surface area contributed by atoms with Crippen molar-refractivity contribution in [2.45, 2.75) is 57.4 Å². The molecule has 5 rings (SSSR count). The number of piperidine rings is 1. The van der Waals surface area contributed by atoms with Crippen molar-refractivity contribution in [3.8, 4) is 5.75 Å². The van der Waals surface area contributed by atoms with Crippen molar-refractivity contribution < 1.29 is 14.3 Å². The Kier molecular flexibility index (Phi) is 6.33. The summed E-state index contributed by atoms with van der Waals surface area (Å²) in [5, 5.41) is 8.88. The van der Waals surface area contributed by atoms with Gasteiger partial charge in [-0.3, -0.25) is 14.4 Å². The van der Waals surface area contributed by atoms with Gasteiger partial charge in [0.15, 0.2) is 5.69 Å². The first-order chi connectivity index (χ1) is 16.2. The number of methoxy groups -OCH3 is 1. The van der Waals surface area contributed by atoms with Crippen molar-refractivity contribution in [3.05, 3.63) is 59.8 Å². The number of rotatable bonds is 7. The smallest absolute Gasteiger partial charge is 0.272 e. The van der Waals surface area contributed by atoms with Gasteiger partial charge in [-0.1, -0.05) is 37.3 Å². The molecule has 2 aliphatic heterocycles. The van der Waals surface area contributed by atoms with Crippen molar-refractivity contribution >= 4 is 16.8 Å². The Labute approximate surface area is 194 Å². The lowest BCUT2D eigenvalue weighted by Crippen LogP contribution is -2.60. The SMILES string of the molecule is CCCn1nc(C(=O)N[C@H]2C[C@H]3COC[C@@H](C2)N3Cc2ccc(OC)cc2)c2ccccc21. The van der Waals surface area contributed by atoms with Crippen molar-refractivity contribution in [1.82, 2.24) is 20.0 Å². The minimum absolute atomic E-state index is 0.0753. The van der Waals surface area contributed by atoms with Crippen LogP contribution in [0.1, 0.15) is 42.2 Å². The molecule has 2 saturated heterocycles. The summed E-state index contributed by atoms with van der Waals surface area (Å²) in [7, 11) is 1.69. The van der Waals surface area contributed by atoms with Crippen LogP contribution in [0.5, 0.6) is 5.75 Å². The minimum Gasteiger partial charge on any atom is -0.497 e. The Morgan fingerprint density at radius 2 is 1.85 bits per heavy atom. The highest BCUT2D eigenvalue weighted by Gasteiger charge is 2.39. The molecule has 7 nitrogen and oxygen atoms in total. The molecule has 0 radical (unpaired) electrons. The number of ether oxygens (including phenoxy) is 2. The molecule has 0 spiro atoms. The van der Waals surface area contributed by atoms with Crippen LogP contribution in [-0.2, 0) is 17.8 Å². The number of nitrogens with zero attached hydrogens (tertiary/aromatic N) is 3. The molecule has 2 aromatic carbocycles. The number of fused-ring (bicyclic) bond motifs is 3. The van der Waals surface area contributed by atoms with Crippen LogP contribution in [-0.4, -0.2) is 59.0 Å². The minimum atomic E-state index is -0.0753. The molecule has 2 fully saturated rings. The topological polar surface area (TPSA) is 68.6 Å². The van der Waals surface area contributed by atoms with Crippen LogP contribution in [0.4, 0.5) is 0 Å². The number of nitrogens with one attached hydrogen (secondary N) is 1. The average Bonchev–Trinajstić information content (AvgIpc) is 3.19. The standard InChI is InChI=1S/C26H32N4O3/c1-3-12-30-24-7-5-4-6-23(24)25(28-30)26(31)27-19-13-20-16-33-17-21(14-19)29(20)15-18-8-10-22(32-2)11-9-18/h4-11,19-21H,3,12-17H2,1-2H3,(H,27,31)/t19-,20-,21+. The van der Waals surface area contributed by atoms with Gasteiger partial charge in [-0.2, -0.15) is 5.10 Å². The van der Waals surface area contributed by atoms with E-state index in [2.05, 4.69) is 34.4 Å². The number of hydrogen-bond donors (Lipinski definition) is 1. The molecule has 33 heavy (non-hydrogen) atoms. The first-order valence-corrected chi connectivity index (χ1v) is 11.9. The van der Waals surface area contributed by atoms with Crippen LogP contribution in [0.2, 0.25) is 0 Å². The zero-order valence-corrected chi connectivity index (χ0v) is 19.4. The molecule has 0 unspecified atom stereocenters. The summed E-state index contributed by atoms with van der Waals surface area (Å²) in [6.07, 6.45) is 2.74. The molecule has 3 heterocycles. The van der Waals surface area contributed by atoms with Gasteiger partial charge in [-0.05, 0) is 43.0 Å². The zero-order valence-electron chi connectivity index (χ0n) is 19.4. The maximum atomic E-state index is 13.3. The zero-order chi connectivity index (χ0) is 22.8. The fourth-order valence-corrected chi connectivity index (χ4v) is 5.24. The maximum Gasteiger partial charge on any atom is 0.272 e. The second-order valence-electron chi connectivity index (χ2n) is 9.10. The summed E-state index contributed by atoms with van der Waals surface area (Å²) in [5.41, 5.74) is 2.81. The first-order valence-electron chi connectivity index (χ1n) is 11.9. The Morgan fingerprint density at radius 3 is 2.55 bits per heavy atom. The second-order valence-corrected chi connectivity index (χ2v) is 9.10. The van der Waals surface area contributed by atoms with Crippen LogP contribution in [0.25, 0.3) is 10.9 Å². The largest absolute Gasteiger partial charge is 0.497 e. The van der Waals surface area contributed by atoms with Gasteiger partial charge in [-0.15, -0.1) is 0 Å². The highest BCUT2D eigenvalue weighted by Crippen LogP contribution is 2.30. The number of amides is 1. The first kappa shape index (κ1) is 21.9. The van der Waals surface area contributed by atoms with Crippen LogP contribution in [0, 0.1) is 0 Å². The number of carbonyl (C=O) groups excluding carboxylic acids is 1. The lowest BCUT2D eigenvalue weighted by atomic mass is 9.89. The summed E-state index contributed by atoms with van der Waals surface area (Å²) >= 11 is 0. The van der Waals surface area contributed by atoms with E-state index in [-0.39, 0.29) is 11.9 Å².